The number of carbonyl (C=O) groups excluding carboxylic acids is 1. The Morgan fingerprint density at radius 2 is 1.60 bits per heavy atom. The summed E-state index contributed by atoms with van der Waals surface area (Å²) in [6, 6.07) is 13.1. The molecule has 5 nitrogen and oxygen atoms in total. The van der Waals surface area contributed by atoms with Gasteiger partial charge in [-0.2, -0.15) is 0 Å². The molecular formula is C20H25NO4. The van der Waals surface area contributed by atoms with Gasteiger partial charge in [-0.1, -0.05) is 12.1 Å². The first-order chi connectivity index (χ1) is 12.1. The molecule has 1 unspecified atom stereocenters. The Bertz CT molecular complexity index is 697. The van der Waals surface area contributed by atoms with Crippen molar-refractivity contribution in [3.05, 3.63) is 53.6 Å². The Labute approximate surface area is 148 Å². The van der Waals surface area contributed by atoms with Gasteiger partial charge in [-0.05, 0) is 49.2 Å². The summed E-state index contributed by atoms with van der Waals surface area (Å²) in [5.74, 6) is 2.26. The minimum atomic E-state index is -0.173. The van der Waals surface area contributed by atoms with Crippen molar-refractivity contribution < 1.29 is 19.0 Å². The molecule has 25 heavy (non-hydrogen) atoms. The van der Waals surface area contributed by atoms with Crippen LogP contribution in [0.4, 0.5) is 0 Å². The van der Waals surface area contributed by atoms with E-state index >= 15 is 0 Å². The van der Waals surface area contributed by atoms with Crippen LogP contribution in [0.15, 0.2) is 42.5 Å². The van der Waals surface area contributed by atoms with E-state index in [1.54, 1.807) is 21.3 Å². The third-order valence-corrected chi connectivity index (χ3v) is 4.08. The van der Waals surface area contributed by atoms with Crippen LogP contribution < -0.4 is 19.5 Å². The van der Waals surface area contributed by atoms with Gasteiger partial charge in [0, 0.05) is 12.0 Å². The first kappa shape index (κ1) is 18.6. The van der Waals surface area contributed by atoms with Crippen LogP contribution >= 0.6 is 0 Å². The average Bonchev–Trinajstić information content (AvgIpc) is 2.66. The standard InChI is InChI=1S/C20H25NO4/c1-14(18-13-17(24-3)10-11-19(18)25-4)21-20(22)12-7-15-5-8-16(23-2)9-6-15/h5-6,8-11,13-14H,7,12H2,1-4H3,(H,21,22). The third-order valence-electron chi connectivity index (χ3n) is 4.08. The van der Waals surface area contributed by atoms with E-state index in [1.807, 2.05) is 49.4 Å². The monoisotopic (exact) mass is 343 g/mol. The van der Waals surface area contributed by atoms with Gasteiger partial charge >= 0.3 is 0 Å². The number of methoxy groups -OCH3 is 3. The molecular weight excluding hydrogens is 318 g/mol. The lowest BCUT2D eigenvalue weighted by Crippen LogP contribution is -2.27. The SMILES string of the molecule is COc1ccc(CCC(=O)NC(C)c2cc(OC)ccc2OC)cc1. The Morgan fingerprint density at radius 1 is 0.960 bits per heavy atom. The number of ether oxygens (including phenoxy) is 3. The van der Waals surface area contributed by atoms with Crippen LogP contribution in [0.2, 0.25) is 0 Å². The zero-order valence-corrected chi connectivity index (χ0v) is 15.2. The molecule has 0 saturated heterocycles. The van der Waals surface area contributed by atoms with Gasteiger partial charge in [0.05, 0.1) is 27.4 Å². The van der Waals surface area contributed by atoms with Crippen LogP contribution in [0.1, 0.15) is 30.5 Å². The maximum atomic E-state index is 12.3. The number of hydrogen-bond donors (Lipinski definition) is 1. The highest BCUT2D eigenvalue weighted by molar-refractivity contribution is 5.76. The van der Waals surface area contributed by atoms with E-state index < -0.39 is 0 Å². The molecule has 0 aliphatic rings. The molecule has 0 aliphatic heterocycles. The van der Waals surface area contributed by atoms with Crippen LogP contribution in [0.5, 0.6) is 17.2 Å². The van der Waals surface area contributed by atoms with Gasteiger partial charge in [0.2, 0.25) is 5.91 Å². The number of amides is 1. The first-order valence-corrected chi connectivity index (χ1v) is 8.21. The van der Waals surface area contributed by atoms with Crippen LogP contribution in [0.25, 0.3) is 0 Å². The van der Waals surface area contributed by atoms with Crippen LogP contribution in [0, 0.1) is 0 Å². The van der Waals surface area contributed by atoms with Crippen molar-refractivity contribution in [2.75, 3.05) is 21.3 Å². The second-order valence-corrected chi connectivity index (χ2v) is 5.75. The molecule has 1 N–H and O–H groups in total. The predicted molar refractivity (Wildman–Crippen MR) is 97.4 cm³/mol. The van der Waals surface area contributed by atoms with Gasteiger partial charge in [0.15, 0.2) is 0 Å². The highest BCUT2D eigenvalue weighted by atomic mass is 16.5. The first-order valence-electron chi connectivity index (χ1n) is 8.21. The quantitative estimate of drug-likeness (QED) is 0.797. The van der Waals surface area contributed by atoms with Gasteiger partial charge in [0.1, 0.15) is 17.2 Å². The molecule has 2 aromatic rings. The fourth-order valence-corrected chi connectivity index (χ4v) is 2.62. The Hall–Kier alpha value is -2.69. The van der Waals surface area contributed by atoms with E-state index in [0.29, 0.717) is 12.8 Å². The third kappa shape index (κ3) is 5.14. The van der Waals surface area contributed by atoms with E-state index in [-0.39, 0.29) is 11.9 Å². The number of hydrogen-bond acceptors (Lipinski definition) is 4. The smallest absolute Gasteiger partial charge is 0.220 e. The molecule has 5 heteroatoms. The van der Waals surface area contributed by atoms with Gasteiger partial charge in [0.25, 0.3) is 0 Å². The summed E-state index contributed by atoms with van der Waals surface area (Å²) in [5, 5.41) is 3.02. The molecule has 0 fully saturated rings. The fourth-order valence-electron chi connectivity index (χ4n) is 2.62. The highest BCUT2D eigenvalue weighted by Gasteiger charge is 2.15. The van der Waals surface area contributed by atoms with Crippen LogP contribution in [0.3, 0.4) is 0 Å². The topological polar surface area (TPSA) is 56.8 Å². The van der Waals surface area contributed by atoms with Crippen molar-refractivity contribution in [3.63, 3.8) is 0 Å². The zero-order chi connectivity index (χ0) is 18.2. The lowest BCUT2D eigenvalue weighted by atomic mass is 10.1. The van der Waals surface area contributed by atoms with E-state index in [1.165, 1.54) is 0 Å². The van der Waals surface area contributed by atoms with E-state index in [0.717, 1.165) is 28.4 Å². The maximum Gasteiger partial charge on any atom is 0.220 e. The largest absolute Gasteiger partial charge is 0.497 e. The second-order valence-electron chi connectivity index (χ2n) is 5.75. The minimum Gasteiger partial charge on any atom is -0.497 e. The van der Waals surface area contributed by atoms with Crippen molar-refractivity contribution in [2.24, 2.45) is 0 Å². The van der Waals surface area contributed by atoms with Crippen molar-refractivity contribution in [1.82, 2.24) is 5.32 Å². The molecule has 134 valence electrons. The van der Waals surface area contributed by atoms with E-state index in [2.05, 4.69) is 5.32 Å². The number of benzene rings is 2. The Kier molecular flexibility index (Phi) is 6.69. The van der Waals surface area contributed by atoms with Crippen molar-refractivity contribution in [3.8, 4) is 17.2 Å². The molecule has 0 spiro atoms. The zero-order valence-electron chi connectivity index (χ0n) is 15.2. The van der Waals surface area contributed by atoms with Gasteiger partial charge in [-0.15, -0.1) is 0 Å². The van der Waals surface area contributed by atoms with Gasteiger partial charge in [-0.3, -0.25) is 4.79 Å². The molecule has 1 amide bonds. The number of nitrogens with one attached hydrogen (secondary N) is 1. The van der Waals surface area contributed by atoms with E-state index in [4.69, 9.17) is 14.2 Å². The van der Waals surface area contributed by atoms with Crippen LogP contribution in [-0.4, -0.2) is 27.2 Å². The number of carbonyl (C=O) groups is 1. The van der Waals surface area contributed by atoms with Crippen molar-refractivity contribution in [2.45, 2.75) is 25.8 Å². The summed E-state index contributed by atoms with van der Waals surface area (Å²) >= 11 is 0. The molecule has 0 radical (unpaired) electrons. The lowest BCUT2D eigenvalue weighted by Gasteiger charge is -2.18. The lowest BCUT2D eigenvalue weighted by molar-refractivity contribution is -0.121. The summed E-state index contributed by atoms with van der Waals surface area (Å²) in [5.41, 5.74) is 1.99. The average molecular weight is 343 g/mol. The molecule has 0 saturated carbocycles. The van der Waals surface area contributed by atoms with Crippen molar-refractivity contribution in [1.29, 1.82) is 0 Å². The Balaban J connectivity index is 1.95. The predicted octanol–water partition coefficient (Wildman–Crippen LogP) is 3.52. The summed E-state index contributed by atoms with van der Waals surface area (Å²) in [6.45, 7) is 1.93. The second kappa shape index (κ2) is 8.97. The molecule has 2 rings (SSSR count). The summed E-state index contributed by atoms with van der Waals surface area (Å²) in [6.07, 6.45) is 1.10. The van der Waals surface area contributed by atoms with E-state index in [9.17, 15) is 4.79 Å². The van der Waals surface area contributed by atoms with Crippen LogP contribution in [-0.2, 0) is 11.2 Å². The summed E-state index contributed by atoms with van der Waals surface area (Å²) in [4.78, 5) is 12.3. The van der Waals surface area contributed by atoms with Gasteiger partial charge in [-0.25, -0.2) is 0 Å². The number of rotatable bonds is 8. The normalized spacial score (nSPS) is 11.5. The summed E-state index contributed by atoms with van der Waals surface area (Å²) < 4.78 is 15.8. The molecule has 1 atom stereocenters. The molecule has 2 aromatic carbocycles. The highest BCUT2D eigenvalue weighted by Crippen LogP contribution is 2.29. The molecule has 0 bridgehead atoms. The van der Waals surface area contributed by atoms with Crippen molar-refractivity contribution >= 4 is 5.91 Å². The summed E-state index contributed by atoms with van der Waals surface area (Å²) in [7, 11) is 4.86. The molecule has 0 aromatic heterocycles. The number of aryl methyl sites for hydroxylation is 1. The fraction of sp³-hybridized carbons (Fsp3) is 0.350. The Morgan fingerprint density at radius 3 is 2.20 bits per heavy atom. The van der Waals surface area contributed by atoms with Gasteiger partial charge < -0.3 is 19.5 Å². The molecule has 0 aliphatic carbocycles. The minimum absolute atomic E-state index is 0.00630. The maximum absolute atomic E-state index is 12.3. The molecule has 0 heterocycles.